The molecular weight excluding hydrogens is 426 g/mol. The van der Waals surface area contributed by atoms with Crippen LogP contribution in [0.15, 0.2) is 52.7 Å². The first kappa shape index (κ1) is 23.8. The van der Waals surface area contributed by atoms with Crippen LogP contribution in [0.5, 0.6) is 0 Å². The molecule has 3 rings (SSSR count). The van der Waals surface area contributed by atoms with Crippen molar-refractivity contribution in [2.24, 2.45) is 10.2 Å². The highest BCUT2D eigenvalue weighted by Gasteiger charge is 2.14. The van der Waals surface area contributed by atoms with Crippen LogP contribution in [0, 0.1) is 10.1 Å². The average Bonchev–Trinajstić information content (AvgIpc) is 3.17. The van der Waals surface area contributed by atoms with Gasteiger partial charge in [-0.25, -0.2) is 4.98 Å². The molecule has 0 fully saturated rings. The van der Waals surface area contributed by atoms with E-state index in [1.54, 1.807) is 10.6 Å². The van der Waals surface area contributed by atoms with Crippen molar-refractivity contribution in [1.29, 1.82) is 0 Å². The van der Waals surface area contributed by atoms with Crippen molar-refractivity contribution >= 4 is 40.0 Å². The number of aliphatic hydroxyl groups excluding tert-OH is 1. The first-order valence-electron chi connectivity index (χ1n) is 10.8. The summed E-state index contributed by atoms with van der Waals surface area (Å²) in [6, 6.07) is 11.9. The van der Waals surface area contributed by atoms with Gasteiger partial charge in [-0.3, -0.25) is 14.9 Å². The number of hydrogen-bond acceptors (Lipinski definition) is 8. The number of azo groups is 1. The largest absolute Gasteiger partial charge is 0.395 e. The first-order valence-corrected chi connectivity index (χ1v) is 10.8. The number of benzene rings is 2. The molecule has 1 aromatic heterocycles. The van der Waals surface area contributed by atoms with Crippen molar-refractivity contribution < 1.29 is 14.8 Å². The van der Waals surface area contributed by atoms with Crippen LogP contribution in [0.2, 0.25) is 0 Å². The molecule has 2 aromatic carbocycles. The van der Waals surface area contributed by atoms with Gasteiger partial charge in [0, 0.05) is 50.4 Å². The van der Waals surface area contributed by atoms with Crippen LogP contribution in [0.4, 0.5) is 23.0 Å². The molecule has 0 aliphatic carbocycles. The van der Waals surface area contributed by atoms with Gasteiger partial charge in [0.2, 0.25) is 5.91 Å². The van der Waals surface area contributed by atoms with E-state index >= 15 is 0 Å². The van der Waals surface area contributed by atoms with E-state index < -0.39 is 4.92 Å². The molecule has 174 valence electrons. The summed E-state index contributed by atoms with van der Waals surface area (Å²) in [7, 11) is 0. The number of aliphatic hydroxyl groups is 1. The maximum atomic E-state index is 11.4. The summed E-state index contributed by atoms with van der Waals surface area (Å²) in [5, 5.41) is 31.8. The number of carbonyl (C=O) groups excluding carboxylic acids is 1. The second-order valence-corrected chi connectivity index (χ2v) is 7.22. The normalized spacial score (nSPS) is 11.2. The van der Waals surface area contributed by atoms with Crippen molar-refractivity contribution in [2.75, 3.05) is 31.1 Å². The number of rotatable bonds is 11. The molecule has 0 radical (unpaired) electrons. The highest BCUT2D eigenvalue weighted by atomic mass is 16.6. The van der Waals surface area contributed by atoms with Crippen LogP contribution in [0.25, 0.3) is 11.0 Å². The van der Waals surface area contributed by atoms with Crippen molar-refractivity contribution in [1.82, 2.24) is 14.9 Å². The van der Waals surface area contributed by atoms with Crippen molar-refractivity contribution in [3.63, 3.8) is 0 Å². The quantitative estimate of drug-likeness (QED) is 0.258. The molecule has 0 bridgehead atoms. The Labute approximate surface area is 190 Å². The molecule has 0 aliphatic heterocycles. The van der Waals surface area contributed by atoms with Crippen LogP contribution < -0.4 is 10.2 Å². The minimum atomic E-state index is -0.482. The van der Waals surface area contributed by atoms with Crippen molar-refractivity contribution in [3.05, 3.63) is 52.6 Å². The number of likely N-dealkylation sites (N-methyl/N-ethyl adjacent to an activating group) is 1. The maximum Gasteiger partial charge on any atom is 0.271 e. The number of non-ortho nitro benzene ring substituents is 1. The zero-order chi connectivity index (χ0) is 23.8. The van der Waals surface area contributed by atoms with Crippen molar-refractivity contribution in [3.8, 4) is 0 Å². The van der Waals surface area contributed by atoms with Crippen LogP contribution >= 0.6 is 0 Å². The topological polar surface area (TPSA) is 138 Å². The van der Waals surface area contributed by atoms with Gasteiger partial charge in [-0.1, -0.05) is 6.92 Å². The number of nitrogens with one attached hydrogen (secondary N) is 1. The van der Waals surface area contributed by atoms with Crippen molar-refractivity contribution in [2.45, 2.75) is 26.8 Å². The maximum absolute atomic E-state index is 11.4. The highest BCUT2D eigenvalue weighted by Crippen LogP contribution is 2.27. The molecule has 3 aromatic rings. The summed E-state index contributed by atoms with van der Waals surface area (Å²) in [4.78, 5) is 28.5. The molecule has 33 heavy (non-hydrogen) atoms. The summed E-state index contributed by atoms with van der Waals surface area (Å²) in [6.07, 6.45) is 0.467. The Morgan fingerprint density at radius 3 is 2.61 bits per heavy atom. The number of anilines is 1. The number of nitrogens with zero attached hydrogens (tertiary/aromatic N) is 6. The van der Waals surface area contributed by atoms with Crippen LogP contribution in [-0.4, -0.2) is 51.7 Å². The Balaban J connectivity index is 1.76. The van der Waals surface area contributed by atoms with Crippen LogP contribution in [0.1, 0.15) is 20.3 Å². The summed E-state index contributed by atoms with van der Waals surface area (Å²) in [6.45, 7) is 6.03. The molecule has 0 atom stereocenters. The average molecular weight is 454 g/mol. The third kappa shape index (κ3) is 5.89. The van der Waals surface area contributed by atoms with Crippen LogP contribution in [0.3, 0.4) is 0 Å². The third-order valence-electron chi connectivity index (χ3n) is 5.12. The molecule has 0 unspecified atom stereocenters. The lowest BCUT2D eigenvalue weighted by Gasteiger charge is -2.23. The van der Waals surface area contributed by atoms with Gasteiger partial charge in [0.15, 0.2) is 0 Å². The Morgan fingerprint density at radius 1 is 1.21 bits per heavy atom. The van der Waals surface area contributed by atoms with Gasteiger partial charge >= 0.3 is 0 Å². The smallest absolute Gasteiger partial charge is 0.271 e. The lowest BCUT2D eigenvalue weighted by molar-refractivity contribution is -0.384. The molecule has 1 amide bonds. The molecule has 0 spiro atoms. The molecule has 11 nitrogen and oxygen atoms in total. The standard InChI is InChI=1S/C22H27N7O4/c1-3-21(31)23-11-12-27(4-2)17-7-5-16(6-8-17)25-26-22-24-19-15-18(29(32)33)9-10-20(19)28(22)13-14-30/h5-10,15,30H,3-4,11-14H2,1-2H3,(H,23,31). The second-order valence-electron chi connectivity index (χ2n) is 7.22. The van der Waals surface area contributed by atoms with E-state index in [0.717, 1.165) is 12.2 Å². The SMILES string of the molecule is CCC(=O)NCCN(CC)c1ccc(N=Nc2nc3cc([N+](=O)[O-])ccc3n2CCO)cc1. The number of amides is 1. The molecular formula is C22H27N7O4. The van der Waals surface area contributed by atoms with E-state index in [4.69, 9.17) is 0 Å². The lowest BCUT2D eigenvalue weighted by atomic mass is 10.2. The molecule has 0 saturated carbocycles. The molecule has 2 N–H and O–H groups in total. The second kappa shape index (κ2) is 11.1. The fourth-order valence-corrected chi connectivity index (χ4v) is 3.37. The van der Waals surface area contributed by atoms with Gasteiger partial charge in [0.05, 0.1) is 28.3 Å². The number of nitro benzene ring substituents is 1. The Bertz CT molecular complexity index is 1140. The fraction of sp³-hybridized carbons (Fsp3) is 0.364. The summed E-state index contributed by atoms with van der Waals surface area (Å²) in [5.41, 5.74) is 2.60. The zero-order valence-corrected chi connectivity index (χ0v) is 18.6. The number of carbonyl (C=O) groups is 1. The number of hydrogen-bond donors (Lipinski definition) is 2. The number of aromatic nitrogens is 2. The number of imidazole rings is 1. The van der Waals surface area contributed by atoms with Gasteiger partial charge in [-0.2, -0.15) is 0 Å². The molecule has 0 aliphatic rings. The van der Waals surface area contributed by atoms with E-state index in [1.807, 2.05) is 38.1 Å². The number of fused-ring (bicyclic) bond motifs is 1. The van der Waals surface area contributed by atoms with E-state index in [1.165, 1.54) is 12.1 Å². The fourth-order valence-electron chi connectivity index (χ4n) is 3.37. The van der Waals surface area contributed by atoms with Gasteiger partial charge in [-0.05, 0) is 37.3 Å². The first-order chi connectivity index (χ1) is 16.0. The van der Waals surface area contributed by atoms with E-state index in [-0.39, 0.29) is 30.7 Å². The summed E-state index contributed by atoms with van der Waals surface area (Å²) in [5.74, 6) is 0.286. The molecule has 11 heteroatoms. The molecule has 1 heterocycles. The van der Waals surface area contributed by atoms with E-state index in [2.05, 4.69) is 25.4 Å². The predicted molar refractivity (Wildman–Crippen MR) is 125 cm³/mol. The van der Waals surface area contributed by atoms with E-state index in [0.29, 0.717) is 36.2 Å². The molecule has 0 saturated heterocycles. The highest BCUT2D eigenvalue weighted by molar-refractivity contribution is 5.80. The number of nitro groups is 1. The van der Waals surface area contributed by atoms with Gasteiger partial charge < -0.3 is 19.9 Å². The van der Waals surface area contributed by atoms with Gasteiger partial charge in [-0.15, -0.1) is 10.2 Å². The summed E-state index contributed by atoms with van der Waals surface area (Å²) < 4.78 is 1.67. The minimum Gasteiger partial charge on any atom is -0.395 e. The minimum absolute atomic E-state index is 0.0311. The monoisotopic (exact) mass is 453 g/mol. The predicted octanol–water partition coefficient (Wildman–Crippen LogP) is 3.70. The Morgan fingerprint density at radius 2 is 1.97 bits per heavy atom. The Kier molecular flexibility index (Phi) is 8.03. The third-order valence-corrected chi connectivity index (χ3v) is 5.12. The van der Waals surface area contributed by atoms with E-state index in [9.17, 15) is 20.0 Å². The van der Waals surface area contributed by atoms with Gasteiger partial charge in [0.25, 0.3) is 11.6 Å². The lowest BCUT2D eigenvalue weighted by Crippen LogP contribution is -2.34. The zero-order valence-electron chi connectivity index (χ0n) is 18.6. The Hall–Kier alpha value is -3.86. The van der Waals surface area contributed by atoms with Crippen LogP contribution in [-0.2, 0) is 11.3 Å². The van der Waals surface area contributed by atoms with Gasteiger partial charge in [0.1, 0.15) is 0 Å². The summed E-state index contributed by atoms with van der Waals surface area (Å²) >= 11 is 0.